The summed E-state index contributed by atoms with van der Waals surface area (Å²) >= 11 is 6.15. The lowest BCUT2D eigenvalue weighted by atomic mass is 10.1. The van der Waals surface area contributed by atoms with Crippen molar-refractivity contribution in [1.82, 2.24) is 4.98 Å². The molecule has 1 amide bonds. The van der Waals surface area contributed by atoms with Gasteiger partial charge in [-0.2, -0.15) is 0 Å². The molecule has 0 aliphatic rings. The summed E-state index contributed by atoms with van der Waals surface area (Å²) in [5.74, 6) is -0.293. The largest absolute Gasteiger partial charge is 0.322 e. The molecule has 0 saturated heterocycles. The summed E-state index contributed by atoms with van der Waals surface area (Å²) in [7, 11) is -3.34. The van der Waals surface area contributed by atoms with Crippen LogP contribution in [0.5, 0.6) is 0 Å². The number of hydrogen-bond acceptors (Lipinski definition) is 4. The molecule has 0 bridgehead atoms. The Balaban J connectivity index is 1.74. The normalized spacial score (nSPS) is 11.4. The summed E-state index contributed by atoms with van der Waals surface area (Å²) in [6, 6.07) is 16.6. The lowest BCUT2D eigenvalue weighted by Gasteiger charge is -2.10. The van der Waals surface area contributed by atoms with Gasteiger partial charge in [-0.15, -0.1) is 0 Å². The number of nitrogens with zero attached hydrogens (tertiary/aromatic N) is 1. The molecule has 0 aliphatic carbocycles. The summed E-state index contributed by atoms with van der Waals surface area (Å²) in [5, 5.41) is 2.80. The van der Waals surface area contributed by atoms with Gasteiger partial charge < -0.3 is 5.32 Å². The molecule has 144 valence electrons. The number of anilines is 1. The number of nitrogens with one attached hydrogen (secondary N) is 1. The summed E-state index contributed by atoms with van der Waals surface area (Å²) in [5.41, 5.74) is 2.45. The molecule has 3 rings (SSSR count). The predicted octanol–water partition coefficient (Wildman–Crippen LogP) is 4.84. The molecule has 0 aliphatic heterocycles. The molecule has 0 radical (unpaired) electrons. The van der Waals surface area contributed by atoms with Gasteiger partial charge in [0.25, 0.3) is 5.91 Å². The smallest absolute Gasteiger partial charge is 0.255 e. The minimum absolute atomic E-state index is 0.233. The Bertz CT molecular complexity index is 1090. The van der Waals surface area contributed by atoms with Crippen molar-refractivity contribution in [1.29, 1.82) is 0 Å². The maximum atomic E-state index is 12.4. The van der Waals surface area contributed by atoms with Crippen LogP contribution in [0.4, 0.5) is 5.69 Å². The molecule has 0 fully saturated rings. The van der Waals surface area contributed by atoms with Gasteiger partial charge in [0.05, 0.1) is 20.9 Å². The van der Waals surface area contributed by atoms with Crippen LogP contribution in [0.1, 0.15) is 24.2 Å². The summed E-state index contributed by atoms with van der Waals surface area (Å²) in [6.45, 7) is 3.26. The van der Waals surface area contributed by atoms with E-state index in [1.54, 1.807) is 68.6 Å². The van der Waals surface area contributed by atoms with E-state index in [4.69, 9.17) is 11.6 Å². The van der Waals surface area contributed by atoms with Gasteiger partial charge in [-0.05, 0) is 62.4 Å². The fraction of sp³-hybridized carbons (Fsp3) is 0.143. The molecule has 0 spiro atoms. The highest BCUT2D eigenvalue weighted by molar-refractivity contribution is 7.92. The lowest BCUT2D eigenvalue weighted by Crippen LogP contribution is -2.14. The number of sulfone groups is 1. The zero-order chi connectivity index (χ0) is 20.3. The highest BCUT2D eigenvalue weighted by Gasteiger charge is 2.19. The van der Waals surface area contributed by atoms with Crippen molar-refractivity contribution in [2.24, 2.45) is 0 Å². The first kappa shape index (κ1) is 20.0. The molecular weight excluding hydrogens is 396 g/mol. The zero-order valence-corrected chi connectivity index (χ0v) is 17.0. The maximum absolute atomic E-state index is 12.4. The Morgan fingerprint density at radius 3 is 2.21 bits per heavy atom. The van der Waals surface area contributed by atoms with Gasteiger partial charge in [-0.3, -0.25) is 9.78 Å². The fourth-order valence-corrected chi connectivity index (χ4v) is 3.87. The maximum Gasteiger partial charge on any atom is 0.255 e. The Hall–Kier alpha value is -2.70. The summed E-state index contributed by atoms with van der Waals surface area (Å²) < 4.78 is 24.3. The molecule has 3 aromatic rings. The van der Waals surface area contributed by atoms with Crippen molar-refractivity contribution in [2.45, 2.75) is 24.0 Å². The quantitative estimate of drug-likeness (QED) is 0.648. The molecule has 0 saturated carbocycles. The second-order valence-corrected chi connectivity index (χ2v) is 9.39. The van der Waals surface area contributed by atoms with Gasteiger partial charge in [0, 0.05) is 23.0 Å². The molecule has 0 atom stereocenters. The van der Waals surface area contributed by atoms with Gasteiger partial charge >= 0.3 is 0 Å². The number of benzene rings is 2. The monoisotopic (exact) mass is 414 g/mol. The molecule has 1 heterocycles. The van der Waals surface area contributed by atoms with E-state index in [0.29, 0.717) is 22.0 Å². The summed E-state index contributed by atoms with van der Waals surface area (Å²) in [6.07, 6.45) is 1.66. The van der Waals surface area contributed by atoms with Crippen LogP contribution in [0, 0.1) is 0 Å². The van der Waals surface area contributed by atoms with E-state index in [1.165, 1.54) is 12.1 Å². The van der Waals surface area contributed by atoms with Crippen LogP contribution < -0.4 is 5.32 Å². The van der Waals surface area contributed by atoms with Crippen molar-refractivity contribution in [3.8, 4) is 11.3 Å². The SMILES string of the molecule is CC(C)S(=O)(=O)c1ccc(NC(=O)c2ccc(-c3ncccc3Cl)cc2)cc1. The van der Waals surface area contributed by atoms with Gasteiger partial charge in [0.1, 0.15) is 0 Å². The van der Waals surface area contributed by atoms with E-state index in [9.17, 15) is 13.2 Å². The third-order valence-corrected chi connectivity index (χ3v) is 6.72. The Labute approximate surface area is 169 Å². The van der Waals surface area contributed by atoms with E-state index in [1.807, 2.05) is 0 Å². The highest BCUT2D eigenvalue weighted by atomic mass is 35.5. The van der Waals surface area contributed by atoms with Crippen LogP contribution in [-0.4, -0.2) is 24.6 Å². The second-order valence-electron chi connectivity index (χ2n) is 6.48. The van der Waals surface area contributed by atoms with Gasteiger partial charge in [0.2, 0.25) is 0 Å². The first-order chi connectivity index (χ1) is 13.3. The number of halogens is 1. The van der Waals surface area contributed by atoms with Crippen molar-refractivity contribution in [3.63, 3.8) is 0 Å². The van der Waals surface area contributed by atoms with Crippen molar-refractivity contribution in [2.75, 3.05) is 5.32 Å². The van der Waals surface area contributed by atoms with E-state index in [-0.39, 0.29) is 10.8 Å². The number of carbonyl (C=O) groups excluding carboxylic acids is 1. The topological polar surface area (TPSA) is 76.1 Å². The molecule has 5 nitrogen and oxygen atoms in total. The van der Waals surface area contributed by atoms with Crippen molar-refractivity contribution >= 4 is 33.0 Å². The Morgan fingerprint density at radius 1 is 1.00 bits per heavy atom. The van der Waals surface area contributed by atoms with Crippen molar-refractivity contribution in [3.05, 3.63) is 77.4 Å². The number of carbonyl (C=O) groups is 1. The average Bonchev–Trinajstić information content (AvgIpc) is 2.69. The van der Waals surface area contributed by atoms with Gasteiger partial charge in [-0.25, -0.2) is 8.42 Å². The third-order valence-electron chi connectivity index (χ3n) is 4.24. The van der Waals surface area contributed by atoms with Crippen LogP contribution in [0.15, 0.2) is 71.8 Å². The Morgan fingerprint density at radius 2 is 1.64 bits per heavy atom. The predicted molar refractivity (Wildman–Crippen MR) is 111 cm³/mol. The number of pyridine rings is 1. The number of hydrogen-bond donors (Lipinski definition) is 1. The first-order valence-corrected chi connectivity index (χ1v) is 10.6. The Kier molecular flexibility index (Phi) is 5.82. The average molecular weight is 415 g/mol. The molecular formula is C21H19ClN2O3S. The highest BCUT2D eigenvalue weighted by Crippen LogP contribution is 2.25. The minimum Gasteiger partial charge on any atom is -0.322 e. The van der Waals surface area contributed by atoms with E-state index >= 15 is 0 Å². The zero-order valence-electron chi connectivity index (χ0n) is 15.4. The fourth-order valence-electron chi connectivity index (χ4n) is 2.58. The first-order valence-electron chi connectivity index (χ1n) is 8.65. The van der Waals surface area contributed by atoms with Gasteiger partial charge in [0.15, 0.2) is 9.84 Å². The van der Waals surface area contributed by atoms with E-state index in [0.717, 1.165) is 5.56 Å². The van der Waals surface area contributed by atoms with Crippen LogP contribution in [-0.2, 0) is 9.84 Å². The standard InChI is InChI=1S/C21H19ClN2O3S/c1-14(2)28(26,27)18-11-9-17(10-12-18)24-21(25)16-7-5-15(6-8-16)20-19(22)4-3-13-23-20/h3-14H,1-2H3,(H,24,25). The lowest BCUT2D eigenvalue weighted by molar-refractivity contribution is 0.102. The number of rotatable bonds is 5. The van der Waals surface area contributed by atoms with Crippen LogP contribution in [0.3, 0.4) is 0 Å². The minimum atomic E-state index is -3.34. The second kappa shape index (κ2) is 8.12. The molecule has 1 aromatic heterocycles. The molecule has 2 aromatic carbocycles. The van der Waals surface area contributed by atoms with E-state index in [2.05, 4.69) is 10.3 Å². The molecule has 1 N–H and O–H groups in total. The number of aromatic nitrogens is 1. The molecule has 28 heavy (non-hydrogen) atoms. The van der Waals surface area contributed by atoms with Crippen molar-refractivity contribution < 1.29 is 13.2 Å². The molecule has 7 heteroatoms. The van der Waals surface area contributed by atoms with Crippen LogP contribution in [0.2, 0.25) is 5.02 Å². The third kappa shape index (κ3) is 4.24. The number of amides is 1. The van der Waals surface area contributed by atoms with Crippen LogP contribution in [0.25, 0.3) is 11.3 Å². The molecule has 0 unspecified atom stereocenters. The van der Waals surface area contributed by atoms with Gasteiger partial charge in [-0.1, -0.05) is 23.7 Å². The van der Waals surface area contributed by atoms with Crippen LogP contribution >= 0.6 is 11.6 Å². The summed E-state index contributed by atoms with van der Waals surface area (Å²) in [4.78, 5) is 16.9. The van der Waals surface area contributed by atoms with E-state index < -0.39 is 15.1 Å².